The number of hydrogen-bond donors (Lipinski definition) is 1. The Balaban J connectivity index is 1.57. The monoisotopic (exact) mass is 413 g/mol. The standard InChI is InChI=1S/C22H27N3O3S/c1-22(2,3)28-20-9-7-17(8-10-20)15-25-12-11-19(16-25)24-29(26,27)21-6-4-5-18(13-21)14-23/h4-10,13,19,24H,11-12,15-16H2,1-3H3/t19-/m1/s1. The molecule has 0 aromatic heterocycles. The molecule has 1 aliphatic heterocycles. The number of rotatable bonds is 6. The molecule has 2 aromatic carbocycles. The van der Waals surface area contributed by atoms with Crippen LogP contribution in [0.25, 0.3) is 0 Å². The molecule has 3 rings (SSSR count). The molecule has 1 atom stereocenters. The van der Waals surface area contributed by atoms with Gasteiger partial charge in [-0.25, -0.2) is 13.1 Å². The van der Waals surface area contributed by atoms with Crippen molar-refractivity contribution in [2.45, 2.75) is 50.3 Å². The van der Waals surface area contributed by atoms with Crippen LogP contribution in [0.5, 0.6) is 5.75 Å². The van der Waals surface area contributed by atoms with Crippen molar-refractivity contribution in [2.75, 3.05) is 13.1 Å². The highest BCUT2D eigenvalue weighted by atomic mass is 32.2. The number of sulfonamides is 1. The molecule has 7 heteroatoms. The molecule has 0 saturated carbocycles. The minimum Gasteiger partial charge on any atom is -0.488 e. The first-order valence-corrected chi connectivity index (χ1v) is 11.2. The van der Waals surface area contributed by atoms with E-state index in [0.717, 1.165) is 30.8 Å². The van der Waals surface area contributed by atoms with Crippen LogP contribution in [-0.2, 0) is 16.6 Å². The zero-order valence-corrected chi connectivity index (χ0v) is 17.9. The Bertz CT molecular complexity index is 989. The van der Waals surface area contributed by atoms with Crippen LogP contribution in [0.2, 0.25) is 0 Å². The van der Waals surface area contributed by atoms with Crippen LogP contribution < -0.4 is 9.46 Å². The largest absolute Gasteiger partial charge is 0.488 e. The van der Waals surface area contributed by atoms with Crippen LogP contribution in [0.3, 0.4) is 0 Å². The van der Waals surface area contributed by atoms with Gasteiger partial charge in [0.25, 0.3) is 0 Å². The number of benzene rings is 2. The van der Waals surface area contributed by atoms with Crippen molar-refractivity contribution in [3.63, 3.8) is 0 Å². The molecule has 29 heavy (non-hydrogen) atoms. The summed E-state index contributed by atoms with van der Waals surface area (Å²) in [6, 6.07) is 16.0. The average Bonchev–Trinajstić information content (AvgIpc) is 3.08. The number of nitriles is 1. The quantitative estimate of drug-likeness (QED) is 0.786. The van der Waals surface area contributed by atoms with Crippen LogP contribution in [0.1, 0.15) is 38.3 Å². The third kappa shape index (κ3) is 6.04. The van der Waals surface area contributed by atoms with Gasteiger partial charge < -0.3 is 4.74 Å². The predicted molar refractivity (Wildman–Crippen MR) is 112 cm³/mol. The summed E-state index contributed by atoms with van der Waals surface area (Å²) >= 11 is 0. The van der Waals surface area contributed by atoms with E-state index in [-0.39, 0.29) is 16.5 Å². The molecule has 2 aromatic rings. The Labute approximate surface area is 173 Å². The van der Waals surface area contributed by atoms with Crippen molar-refractivity contribution in [1.29, 1.82) is 5.26 Å². The maximum Gasteiger partial charge on any atom is 0.240 e. The fourth-order valence-corrected chi connectivity index (χ4v) is 4.67. The molecule has 0 bridgehead atoms. The van der Waals surface area contributed by atoms with Crippen LogP contribution in [0, 0.1) is 11.3 Å². The zero-order chi connectivity index (χ0) is 21.1. The maximum absolute atomic E-state index is 12.6. The van der Waals surface area contributed by atoms with Crippen molar-refractivity contribution in [1.82, 2.24) is 9.62 Å². The van der Waals surface area contributed by atoms with Crippen LogP contribution in [0.15, 0.2) is 53.4 Å². The van der Waals surface area contributed by atoms with E-state index in [0.29, 0.717) is 12.1 Å². The van der Waals surface area contributed by atoms with Gasteiger partial charge in [-0.2, -0.15) is 5.26 Å². The molecule has 0 spiro atoms. The third-order valence-corrected chi connectivity index (χ3v) is 6.14. The molecule has 6 nitrogen and oxygen atoms in total. The summed E-state index contributed by atoms with van der Waals surface area (Å²) in [7, 11) is -3.64. The molecule has 154 valence electrons. The van der Waals surface area contributed by atoms with Crippen molar-refractivity contribution >= 4 is 10.0 Å². The fraction of sp³-hybridized carbons (Fsp3) is 0.409. The molecule has 0 aliphatic carbocycles. The van der Waals surface area contributed by atoms with Gasteiger partial charge in [-0.15, -0.1) is 0 Å². The van der Waals surface area contributed by atoms with Crippen molar-refractivity contribution in [3.05, 3.63) is 59.7 Å². The topological polar surface area (TPSA) is 82.4 Å². The molecule has 1 N–H and O–H groups in total. The Hall–Kier alpha value is -2.40. The van der Waals surface area contributed by atoms with Gasteiger partial charge in [0.15, 0.2) is 0 Å². The summed E-state index contributed by atoms with van der Waals surface area (Å²) in [5, 5.41) is 8.98. The van der Waals surface area contributed by atoms with E-state index in [1.165, 1.54) is 12.1 Å². The van der Waals surface area contributed by atoms with Gasteiger partial charge in [-0.3, -0.25) is 4.90 Å². The van der Waals surface area contributed by atoms with Gasteiger partial charge in [0.2, 0.25) is 10.0 Å². The second-order valence-electron chi connectivity index (χ2n) is 8.34. The average molecular weight is 414 g/mol. The molecule has 1 aliphatic rings. The number of ether oxygens (including phenoxy) is 1. The van der Waals surface area contributed by atoms with Crippen LogP contribution in [-0.4, -0.2) is 38.1 Å². The lowest BCUT2D eigenvalue weighted by molar-refractivity contribution is 0.131. The lowest BCUT2D eigenvalue weighted by Gasteiger charge is -2.22. The molecule has 1 heterocycles. The summed E-state index contributed by atoms with van der Waals surface area (Å²) in [5.41, 5.74) is 1.27. The highest BCUT2D eigenvalue weighted by Crippen LogP contribution is 2.21. The van der Waals surface area contributed by atoms with E-state index in [1.54, 1.807) is 12.1 Å². The highest BCUT2D eigenvalue weighted by Gasteiger charge is 2.27. The first-order valence-electron chi connectivity index (χ1n) is 9.67. The van der Waals surface area contributed by atoms with Gasteiger partial charge in [-0.05, 0) is 63.1 Å². The van der Waals surface area contributed by atoms with E-state index >= 15 is 0 Å². The Morgan fingerprint density at radius 1 is 1.21 bits per heavy atom. The molecule has 1 fully saturated rings. The van der Waals surface area contributed by atoms with E-state index in [4.69, 9.17) is 10.00 Å². The Morgan fingerprint density at radius 2 is 1.93 bits per heavy atom. The SMILES string of the molecule is CC(C)(C)Oc1ccc(CN2CC[C@@H](NS(=O)(=O)c3cccc(C#N)c3)C2)cc1. The molecule has 0 amide bonds. The second kappa shape index (κ2) is 8.54. The van der Waals surface area contributed by atoms with E-state index in [2.05, 4.69) is 9.62 Å². The molecular formula is C22H27N3O3S. The highest BCUT2D eigenvalue weighted by molar-refractivity contribution is 7.89. The minimum absolute atomic E-state index is 0.129. The first-order chi connectivity index (χ1) is 13.6. The lowest BCUT2D eigenvalue weighted by atomic mass is 10.1. The third-order valence-electron chi connectivity index (χ3n) is 4.62. The van der Waals surface area contributed by atoms with Gasteiger partial charge in [-0.1, -0.05) is 18.2 Å². The normalized spacial score (nSPS) is 17.8. The fourth-order valence-electron chi connectivity index (χ4n) is 3.37. The summed E-state index contributed by atoms with van der Waals surface area (Å²) < 4.78 is 33.9. The zero-order valence-electron chi connectivity index (χ0n) is 17.1. The summed E-state index contributed by atoms with van der Waals surface area (Å²) in [6.07, 6.45) is 0.752. The molecule has 0 unspecified atom stereocenters. The summed E-state index contributed by atoms with van der Waals surface area (Å²) in [4.78, 5) is 2.36. The minimum atomic E-state index is -3.64. The molecule has 1 saturated heterocycles. The van der Waals surface area contributed by atoms with Crippen molar-refractivity contribution in [2.24, 2.45) is 0 Å². The van der Waals surface area contributed by atoms with Crippen molar-refractivity contribution in [3.8, 4) is 11.8 Å². The number of likely N-dealkylation sites (tertiary alicyclic amines) is 1. The van der Waals surface area contributed by atoms with Gasteiger partial charge in [0.05, 0.1) is 16.5 Å². The Morgan fingerprint density at radius 3 is 2.59 bits per heavy atom. The first kappa shape index (κ1) is 21.3. The summed E-state index contributed by atoms with van der Waals surface area (Å²) in [5.74, 6) is 0.841. The van der Waals surface area contributed by atoms with Crippen LogP contribution in [0.4, 0.5) is 0 Å². The number of nitrogens with one attached hydrogen (secondary N) is 1. The van der Waals surface area contributed by atoms with Crippen molar-refractivity contribution < 1.29 is 13.2 Å². The predicted octanol–water partition coefficient (Wildman–Crippen LogP) is 3.29. The molecular weight excluding hydrogens is 386 g/mol. The van der Waals surface area contributed by atoms with Crippen LogP contribution >= 0.6 is 0 Å². The Kier molecular flexibility index (Phi) is 6.27. The van der Waals surface area contributed by atoms with Gasteiger partial charge in [0.1, 0.15) is 11.4 Å². The molecule has 0 radical (unpaired) electrons. The number of nitrogens with zero attached hydrogens (tertiary/aromatic N) is 2. The van der Waals surface area contributed by atoms with E-state index in [1.807, 2.05) is 51.1 Å². The smallest absolute Gasteiger partial charge is 0.240 e. The number of hydrogen-bond acceptors (Lipinski definition) is 5. The van der Waals surface area contributed by atoms with Gasteiger partial charge >= 0.3 is 0 Å². The van der Waals surface area contributed by atoms with E-state index < -0.39 is 10.0 Å². The second-order valence-corrected chi connectivity index (χ2v) is 10.1. The lowest BCUT2D eigenvalue weighted by Crippen LogP contribution is -2.37. The maximum atomic E-state index is 12.6. The van der Waals surface area contributed by atoms with E-state index in [9.17, 15) is 8.42 Å². The van der Waals surface area contributed by atoms with Gasteiger partial charge in [0, 0.05) is 25.7 Å². The summed E-state index contributed by atoms with van der Waals surface area (Å²) in [6.45, 7) is 8.29.